The summed E-state index contributed by atoms with van der Waals surface area (Å²) in [5.74, 6) is 0.0644. The van der Waals surface area contributed by atoms with Crippen LogP contribution in [-0.2, 0) is 33.0 Å². The molecule has 0 radical (unpaired) electrons. The Hall–Kier alpha value is -4.31. The molecule has 0 unspecified atom stereocenters. The number of esters is 1. The Labute approximate surface area is 274 Å². The summed E-state index contributed by atoms with van der Waals surface area (Å²) in [5, 5.41) is 6.30. The molecule has 0 aliphatic carbocycles. The molecular weight excluding hydrogens is 600 g/mol. The lowest BCUT2D eigenvalue weighted by Crippen LogP contribution is -2.45. The van der Waals surface area contributed by atoms with E-state index in [-0.39, 0.29) is 23.9 Å². The molecule has 1 fully saturated rings. The normalized spacial score (nSPS) is 13.9. The molecule has 0 atom stereocenters. The number of benzene rings is 3. The number of likely N-dealkylation sites (tertiary alicyclic amines) is 1. The fourth-order valence-corrected chi connectivity index (χ4v) is 6.62. The third-order valence-electron chi connectivity index (χ3n) is 7.99. The molecular formula is C36H42N4O5S. The number of carbonyl (C=O) groups is 3. The molecule has 1 N–H and O–H groups in total. The summed E-state index contributed by atoms with van der Waals surface area (Å²) >= 11 is 1.57. The van der Waals surface area contributed by atoms with Crippen LogP contribution in [0.4, 0.5) is 4.79 Å². The zero-order valence-electron chi connectivity index (χ0n) is 27.0. The smallest absolute Gasteiger partial charge is 0.410 e. The van der Waals surface area contributed by atoms with Crippen molar-refractivity contribution in [2.75, 3.05) is 26.7 Å². The third kappa shape index (κ3) is 8.48. The van der Waals surface area contributed by atoms with Gasteiger partial charge in [-0.05, 0) is 61.6 Å². The molecule has 2 amide bonds. The molecule has 1 aliphatic heterocycles. The Morgan fingerprint density at radius 1 is 0.957 bits per heavy atom. The molecule has 1 aromatic heterocycles. The Morgan fingerprint density at radius 3 is 2.41 bits per heavy atom. The number of thioether (sulfide) groups is 1. The number of methoxy groups -OCH3 is 1. The average molecular weight is 643 g/mol. The van der Waals surface area contributed by atoms with Gasteiger partial charge in [-0.1, -0.05) is 72.4 Å². The van der Waals surface area contributed by atoms with Gasteiger partial charge in [0.05, 0.1) is 24.9 Å². The lowest BCUT2D eigenvalue weighted by Gasteiger charge is -2.32. The van der Waals surface area contributed by atoms with Crippen molar-refractivity contribution in [3.8, 4) is 0 Å². The van der Waals surface area contributed by atoms with Gasteiger partial charge in [0.15, 0.2) is 5.16 Å². The highest BCUT2D eigenvalue weighted by Gasteiger charge is 2.29. The van der Waals surface area contributed by atoms with Gasteiger partial charge in [0.25, 0.3) is 0 Å². The second-order valence-corrected chi connectivity index (χ2v) is 13.4. The number of rotatable bonds is 10. The zero-order valence-corrected chi connectivity index (χ0v) is 27.8. The van der Waals surface area contributed by atoms with Crippen LogP contribution in [0.3, 0.4) is 0 Å². The number of nitrogens with zero attached hydrogens (tertiary/aromatic N) is 3. The number of hydrogen-bond acceptors (Lipinski definition) is 7. The first-order valence-corrected chi connectivity index (χ1v) is 16.7. The second-order valence-electron chi connectivity index (χ2n) is 12.5. The molecule has 1 saturated heterocycles. The van der Waals surface area contributed by atoms with Crippen molar-refractivity contribution in [2.45, 2.75) is 63.1 Å². The summed E-state index contributed by atoms with van der Waals surface area (Å²) < 4.78 is 12.6. The van der Waals surface area contributed by atoms with E-state index in [9.17, 15) is 14.4 Å². The standard InChI is InChI=1S/C36H42N4O5S/c1-36(2,3)45-35(43)39-20-17-26(18-21-39)32(41)37-19-16-29-23-40(22-27-13-9-12-25-10-5-7-14-30(25)27)34(38-29)46-24-28-11-6-8-15-31(28)33(42)44-4/h5-15,23,26H,16-22,24H2,1-4H3,(H,37,41). The van der Waals surface area contributed by atoms with E-state index in [0.29, 0.717) is 56.8 Å². The fourth-order valence-electron chi connectivity index (χ4n) is 5.62. The lowest BCUT2D eigenvalue weighted by molar-refractivity contribution is -0.126. The zero-order chi connectivity index (χ0) is 32.7. The van der Waals surface area contributed by atoms with Crippen LogP contribution >= 0.6 is 11.8 Å². The number of hydrogen-bond donors (Lipinski definition) is 1. The topological polar surface area (TPSA) is 103 Å². The highest BCUT2D eigenvalue weighted by molar-refractivity contribution is 7.98. The third-order valence-corrected chi connectivity index (χ3v) is 9.03. The molecule has 5 rings (SSSR count). The lowest BCUT2D eigenvalue weighted by atomic mass is 9.96. The fraction of sp³-hybridized carbons (Fsp3) is 0.389. The van der Waals surface area contributed by atoms with Crippen molar-refractivity contribution in [1.82, 2.24) is 19.8 Å². The molecule has 0 bridgehead atoms. The number of fused-ring (bicyclic) bond motifs is 1. The SMILES string of the molecule is COC(=O)c1ccccc1CSc1nc(CCNC(=O)C2CCN(C(=O)OC(C)(C)C)CC2)cn1Cc1cccc2ccccc12. The van der Waals surface area contributed by atoms with Gasteiger partial charge in [-0.2, -0.15) is 0 Å². The first kappa shape index (κ1) is 33.1. The highest BCUT2D eigenvalue weighted by atomic mass is 32.2. The van der Waals surface area contributed by atoms with Crippen molar-refractivity contribution in [3.05, 3.63) is 95.3 Å². The van der Waals surface area contributed by atoms with Gasteiger partial charge in [0, 0.05) is 43.9 Å². The van der Waals surface area contributed by atoms with Gasteiger partial charge < -0.3 is 24.3 Å². The van der Waals surface area contributed by atoms with Crippen molar-refractivity contribution >= 4 is 40.5 Å². The summed E-state index contributed by atoms with van der Waals surface area (Å²) in [6.07, 6.45) is 3.53. The second kappa shape index (κ2) is 14.9. The van der Waals surface area contributed by atoms with Crippen molar-refractivity contribution < 1.29 is 23.9 Å². The van der Waals surface area contributed by atoms with Crippen LogP contribution in [0, 0.1) is 5.92 Å². The Balaban J connectivity index is 1.24. The summed E-state index contributed by atoms with van der Waals surface area (Å²) in [7, 11) is 1.39. The molecule has 2 heterocycles. The molecule has 0 saturated carbocycles. The quantitative estimate of drug-likeness (QED) is 0.156. The molecule has 4 aromatic rings. The summed E-state index contributed by atoms with van der Waals surface area (Å²) in [6.45, 7) is 7.66. The van der Waals surface area contributed by atoms with Crippen molar-refractivity contribution in [3.63, 3.8) is 0 Å². The Kier molecular flexibility index (Phi) is 10.7. The predicted octanol–water partition coefficient (Wildman–Crippen LogP) is 6.47. The van der Waals surface area contributed by atoms with Crippen molar-refractivity contribution in [1.29, 1.82) is 0 Å². The van der Waals surface area contributed by atoms with E-state index in [2.05, 4.69) is 52.5 Å². The maximum atomic E-state index is 13.0. The summed E-state index contributed by atoms with van der Waals surface area (Å²) in [4.78, 5) is 44.4. The van der Waals surface area contributed by atoms with Gasteiger partial charge in [-0.3, -0.25) is 4.79 Å². The van der Waals surface area contributed by atoms with E-state index >= 15 is 0 Å². The molecule has 10 heteroatoms. The largest absolute Gasteiger partial charge is 0.465 e. The molecule has 0 spiro atoms. The number of carbonyl (C=O) groups excluding carboxylic acids is 3. The first-order chi connectivity index (χ1) is 22.1. The monoisotopic (exact) mass is 642 g/mol. The van der Waals surface area contributed by atoms with Gasteiger partial charge in [-0.25, -0.2) is 14.6 Å². The summed E-state index contributed by atoms with van der Waals surface area (Å²) in [6, 6.07) is 22.1. The number of aromatic nitrogens is 2. The maximum Gasteiger partial charge on any atom is 0.410 e. The van der Waals surface area contributed by atoms with E-state index in [4.69, 9.17) is 14.5 Å². The first-order valence-electron chi connectivity index (χ1n) is 15.7. The van der Waals surface area contributed by atoms with E-state index in [0.717, 1.165) is 16.4 Å². The molecule has 46 heavy (non-hydrogen) atoms. The number of nitrogens with one attached hydrogen (secondary N) is 1. The van der Waals surface area contributed by atoms with Gasteiger partial charge in [0.2, 0.25) is 5.91 Å². The average Bonchev–Trinajstić information content (AvgIpc) is 3.43. The number of imidazole rings is 1. The Bertz CT molecular complexity index is 1680. The van der Waals surface area contributed by atoms with Crippen LogP contribution in [0.15, 0.2) is 78.1 Å². The van der Waals surface area contributed by atoms with Crippen LogP contribution in [0.2, 0.25) is 0 Å². The number of ether oxygens (including phenoxy) is 2. The Morgan fingerprint density at radius 2 is 1.65 bits per heavy atom. The van der Waals surface area contributed by atoms with Gasteiger partial charge in [0.1, 0.15) is 5.60 Å². The van der Waals surface area contributed by atoms with Crippen LogP contribution in [0.25, 0.3) is 10.8 Å². The van der Waals surface area contributed by atoms with Crippen molar-refractivity contribution in [2.24, 2.45) is 5.92 Å². The van der Waals surface area contributed by atoms with Gasteiger partial charge >= 0.3 is 12.1 Å². The van der Waals surface area contributed by atoms with E-state index in [1.807, 2.05) is 45.0 Å². The van der Waals surface area contributed by atoms with Crippen LogP contribution in [-0.4, -0.2) is 64.8 Å². The minimum Gasteiger partial charge on any atom is -0.465 e. The van der Waals surface area contributed by atoms with Crippen LogP contribution in [0.5, 0.6) is 0 Å². The highest BCUT2D eigenvalue weighted by Crippen LogP contribution is 2.27. The number of piperidine rings is 1. The minimum atomic E-state index is -0.543. The van der Waals surface area contributed by atoms with Crippen LogP contribution in [0.1, 0.15) is 60.8 Å². The van der Waals surface area contributed by atoms with Crippen LogP contribution < -0.4 is 5.32 Å². The van der Waals surface area contributed by atoms with E-state index < -0.39 is 5.60 Å². The minimum absolute atomic E-state index is 0.00745. The molecule has 3 aromatic carbocycles. The predicted molar refractivity (Wildman–Crippen MR) is 180 cm³/mol. The summed E-state index contributed by atoms with van der Waals surface area (Å²) in [5.41, 5.74) is 2.95. The van der Waals surface area contributed by atoms with E-state index in [1.165, 1.54) is 23.4 Å². The van der Waals surface area contributed by atoms with E-state index in [1.54, 1.807) is 22.7 Å². The number of amides is 2. The molecule has 242 valence electrons. The molecule has 9 nitrogen and oxygen atoms in total. The maximum absolute atomic E-state index is 13.0. The molecule has 1 aliphatic rings. The van der Waals surface area contributed by atoms with Gasteiger partial charge in [-0.15, -0.1) is 0 Å².